The van der Waals surface area contributed by atoms with Crippen LogP contribution >= 0.6 is 0 Å². The van der Waals surface area contributed by atoms with E-state index in [1.807, 2.05) is 13.8 Å². The lowest BCUT2D eigenvalue weighted by Crippen LogP contribution is -2.35. The Morgan fingerprint density at radius 1 is 1.79 bits per heavy atom. The van der Waals surface area contributed by atoms with E-state index in [0.29, 0.717) is 12.2 Å². The van der Waals surface area contributed by atoms with Crippen LogP contribution in [0.5, 0.6) is 0 Å². The summed E-state index contributed by atoms with van der Waals surface area (Å²) in [7, 11) is 0. The number of amides is 1. The molecule has 1 amide bonds. The first-order valence-corrected chi connectivity index (χ1v) is 4.71. The van der Waals surface area contributed by atoms with E-state index in [2.05, 4.69) is 15.5 Å². The molecule has 4 N–H and O–H groups in total. The van der Waals surface area contributed by atoms with Gasteiger partial charge in [0, 0.05) is 5.56 Å². The van der Waals surface area contributed by atoms with Gasteiger partial charge in [-0.2, -0.15) is 5.10 Å². The number of nitrogens with one attached hydrogen (secondary N) is 2. The Bertz CT molecular complexity index is 308. The fourth-order valence-corrected chi connectivity index (χ4v) is 1.13. The molecule has 0 spiro atoms. The van der Waals surface area contributed by atoms with Crippen molar-refractivity contribution in [2.75, 3.05) is 5.32 Å². The van der Waals surface area contributed by atoms with Crippen molar-refractivity contribution in [1.29, 1.82) is 0 Å². The quantitative estimate of drug-likeness (QED) is 0.665. The minimum Gasteiger partial charge on any atom is -0.320 e. The number of nitrogens with zero attached hydrogens (tertiary/aromatic N) is 1. The van der Waals surface area contributed by atoms with Crippen molar-refractivity contribution < 1.29 is 4.79 Å². The highest BCUT2D eigenvalue weighted by Crippen LogP contribution is 2.08. The van der Waals surface area contributed by atoms with Gasteiger partial charge in [0.2, 0.25) is 5.91 Å². The molecule has 0 aliphatic carbocycles. The first kappa shape index (κ1) is 10.7. The molecule has 14 heavy (non-hydrogen) atoms. The van der Waals surface area contributed by atoms with Crippen molar-refractivity contribution in [1.82, 2.24) is 10.2 Å². The number of H-pyrrole nitrogens is 1. The number of aromatic nitrogens is 2. The second kappa shape index (κ2) is 4.76. The van der Waals surface area contributed by atoms with Crippen LogP contribution in [0.15, 0.2) is 6.20 Å². The highest BCUT2D eigenvalue weighted by atomic mass is 16.2. The third-order valence-corrected chi connectivity index (χ3v) is 2.01. The molecule has 0 radical (unpaired) electrons. The zero-order valence-corrected chi connectivity index (χ0v) is 8.50. The van der Waals surface area contributed by atoms with Crippen LogP contribution in [-0.4, -0.2) is 22.1 Å². The Morgan fingerprint density at radius 2 is 2.50 bits per heavy atom. The van der Waals surface area contributed by atoms with Crippen LogP contribution in [0, 0.1) is 6.92 Å². The molecule has 0 fully saturated rings. The maximum Gasteiger partial charge on any atom is 0.242 e. The van der Waals surface area contributed by atoms with Gasteiger partial charge in [0.05, 0.1) is 12.2 Å². The van der Waals surface area contributed by atoms with Crippen LogP contribution in [0.3, 0.4) is 0 Å². The fourth-order valence-electron chi connectivity index (χ4n) is 1.13. The zero-order valence-electron chi connectivity index (χ0n) is 8.50. The first-order valence-electron chi connectivity index (χ1n) is 4.71. The first-order chi connectivity index (χ1) is 6.65. The van der Waals surface area contributed by atoms with Crippen molar-refractivity contribution in [2.45, 2.75) is 32.7 Å². The Kier molecular flexibility index (Phi) is 3.64. The van der Waals surface area contributed by atoms with Gasteiger partial charge in [0.15, 0.2) is 0 Å². The maximum atomic E-state index is 11.5. The lowest BCUT2D eigenvalue weighted by molar-refractivity contribution is -0.117. The molecule has 5 heteroatoms. The van der Waals surface area contributed by atoms with E-state index in [9.17, 15) is 4.79 Å². The summed E-state index contributed by atoms with van der Waals surface area (Å²) in [4.78, 5) is 11.5. The fraction of sp³-hybridized carbons (Fsp3) is 0.556. The lowest BCUT2D eigenvalue weighted by Gasteiger charge is -2.09. The second-order valence-corrected chi connectivity index (χ2v) is 3.31. The molecular weight excluding hydrogens is 180 g/mol. The van der Waals surface area contributed by atoms with E-state index < -0.39 is 6.04 Å². The monoisotopic (exact) mass is 196 g/mol. The number of carbonyl (C=O) groups is 1. The summed E-state index contributed by atoms with van der Waals surface area (Å²) in [6.45, 7) is 3.86. The smallest absolute Gasteiger partial charge is 0.242 e. The molecule has 0 aliphatic rings. The third-order valence-electron chi connectivity index (χ3n) is 2.01. The standard InChI is InChI=1S/C9H16N4O/c1-3-4-7(10)9(14)12-8-6(2)5-11-13-8/h5,7H,3-4,10H2,1-2H3,(H2,11,12,13,14). The molecule has 0 aliphatic heterocycles. The van der Waals surface area contributed by atoms with Gasteiger partial charge in [-0.05, 0) is 13.3 Å². The Morgan fingerprint density at radius 3 is 3.00 bits per heavy atom. The van der Waals surface area contributed by atoms with Crippen molar-refractivity contribution in [3.05, 3.63) is 11.8 Å². The summed E-state index contributed by atoms with van der Waals surface area (Å²) >= 11 is 0. The number of rotatable bonds is 4. The van der Waals surface area contributed by atoms with Gasteiger partial charge in [0.1, 0.15) is 5.82 Å². The van der Waals surface area contributed by atoms with Gasteiger partial charge < -0.3 is 11.1 Å². The number of hydrogen-bond acceptors (Lipinski definition) is 3. The van der Waals surface area contributed by atoms with Crippen LogP contribution in [0.25, 0.3) is 0 Å². The van der Waals surface area contributed by atoms with Crippen molar-refractivity contribution in [3.8, 4) is 0 Å². The summed E-state index contributed by atoms with van der Waals surface area (Å²) < 4.78 is 0. The second-order valence-electron chi connectivity index (χ2n) is 3.31. The topological polar surface area (TPSA) is 83.8 Å². The van der Waals surface area contributed by atoms with Gasteiger partial charge in [-0.15, -0.1) is 0 Å². The average Bonchev–Trinajstić information content (AvgIpc) is 2.52. The van der Waals surface area contributed by atoms with Gasteiger partial charge >= 0.3 is 0 Å². The predicted octanol–water partition coefficient (Wildman–Crippen LogP) is 0.784. The number of anilines is 1. The molecule has 0 bridgehead atoms. The SMILES string of the molecule is CCCC(N)C(=O)Nc1[nH]ncc1C. The Hall–Kier alpha value is -1.36. The molecule has 78 valence electrons. The highest BCUT2D eigenvalue weighted by molar-refractivity contribution is 5.94. The molecule has 1 aromatic rings. The van der Waals surface area contributed by atoms with Crippen LogP contribution < -0.4 is 11.1 Å². The van der Waals surface area contributed by atoms with E-state index in [4.69, 9.17) is 5.73 Å². The van der Waals surface area contributed by atoms with Gasteiger partial charge in [-0.1, -0.05) is 13.3 Å². The Balaban J connectivity index is 2.53. The van der Waals surface area contributed by atoms with Crippen LogP contribution in [0.4, 0.5) is 5.82 Å². The normalized spacial score (nSPS) is 12.5. The number of nitrogens with two attached hydrogens (primary N) is 1. The summed E-state index contributed by atoms with van der Waals surface area (Å²) in [5.41, 5.74) is 6.55. The lowest BCUT2D eigenvalue weighted by atomic mass is 10.1. The van der Waals surface area contributed by atoms with Gasteiger partial charge in [-0.3, -0.25) is 9.89 Å². The van der Waals surface area contributed by atoms with Crippen molar-refractivity contribution in [3.63, 3.8) is 0 Å². The minimum absolute atomic E-state index is 0.167. The third kappa shape index (κ3) is 2.56. The van der Waals surface area contributed by atoms with E-state index >= 15 is 0 Å². The van der Waals surface area contributed by atoms with Crippen LogP contribution in [-0.2, 0) is 4.79 Å². The summed E-state index contributed by atoms with van der Waals surface area (Å²) in [6.07, 6.45) is 3.25. The minimum atomic E-state index is -0.442. The molecule has 0 saturated heterocycles. The van der Waals surface area contributed by atoms with Crippen LogP contribution in [0.2, 0.25) is 0 Å². The van der Waals surface area contributed by atoms with Crippen molar-refractivity contribution in [2.24, 2.45) is 5.73 Å². The van der Waals surface area contributed by atoms with Gasteiger partial charge in [0.25, 0.3) is 0 Å². The zero-order chi connectivity index (χ0) is 10.6. The van der Waals surface area contributed by atoms with E-state index in [1.165, 1.54) is 0 Å². The molecule has 5 nitrogen and oxygen atoms in total. The summed E-state index contributed by atoms with van der Waals surface area (Å²) in [5.74, 6) is 0.459. The molecule has 1 aromatic heterocycles. The predicted molar refractivity (Wildman–Crippen MR) is 54.8 cm³/mol. The van der Waals surface area contributed by atoms with E-state index in [0.717, 1.165) is 12.0 Å². The molecule has 0 saturated carbocycles. The molecule has 1 heterocycles. The van der Waals surface area contributed by atoms with E-state index in [1.54, 1.807) is 6.20 Å². The number of carbonyl (C=O) groups excluding carboxylic acids is 1. The summed E-state index contributed by atoms with van der Waals surface area (Å²) in [5, 5.41) is 9.19. The average molecular weight is 196 g/mol. The number of hydrogen-bond donors (Lipinski definition) is 3. The van der Waals surface area contributed by atoms with Gasteiger partial charge in [-0.25, -0.2) is 0 Å². The molecule has 1 unspecified atom stereocenters. The molecule has 0 aromatic carbocycles. The molecule has 1 rings (SSSR count). The van der Waals surface area contributed by atoms with Crippen molar-refractivity contribution >= 4 is 11.7 Å². The number of aromatic amines is 1. The largest absolute Gasteiger partial charge is 0.320 e. The molecular formula is C9H16N4O. The highest BCUT2D eigenvalue weighted by Gasteiger charge is 2.13. The summed E-state index contributed by atoms with van der Waals surface area (Å²) in [6, 6.07) is -0.442. The molecule has 1 atom stereocenters. The van der Waals surface area contributed by atoms with Crippen LogP contribution in [0.1, 0.15) is 25.3 Å². The Labute approximate surface area is 83.1 Å². The number of aryl methyl sites for hydroxylation is 1. The van der Waals surface area contributed by atoms with E-state index in [-0.39, 0.29) is 5.91 Å². The maximum absolute atomic E-state index is 11.5.